The molecule has 4 aromatic rings. The lowest BCUT2D eigenvalue weighted by molar-refractivity contribution is 0.262. The van der Waals surface area contributed by atoms with Crippen LogP contribution in [0.15, 0.2) is 66.7 Å². The van der Waals surface area contributed by atoms with Crippen LogP contribution in [-0.2, 0) is 19.4 Å². The van der Waals surface area contributed by atoms with Gasteiger partial charge in [-0.2, -0.15) is 0 Å². The molecule has 7 nitrogen and oxygen atoms in total. The number of para-hydroxylation sites is 2. The van der Waals surface area contributed by atoms with Gasteiger partial charge in [0, 0.05) is 24.7 Å². The van der Waals surface area contributed by atoms with E-state index >= 15 is 0 Å². The Morgan fingerprint density at radius 1 is 0.939 bits per heavy atom. The Bertz CT molecular complexity index is 1250. The van der Waals surface area contributed by atoms with Gasteiger partial charge in [-0.1, -0.05) is 24.3 Å². The maximum atomic E-state index is 12.5. The Morgan fingerprint density at radius 3 is 2.45 bits per heavy atom. The number of carbonyl (C=O) groups excluding carboxylic acids is 1. The van der Waals surface area contributed by atoms with Crippen molar-refractivity contribution >= 4 is 28.4 Å². The molecule has 2 amide bonds. The van der Waals surface area contributed by atoms with Gasteiger partial charge in [0.15, 0.2) is 0 Å². The smallest absolute Gasteiger partial charge is 0.323 e. The molecule has 0 saturated heterocycles. The highest BCUT2D eigenvalue weighted by atomic mass is 16.5. The number of nitrogens with zero attached hydrogens (tertiary/aromatic N) is 2. The molecule has 0 saturated carbocycles. The van der Waals surface area contributed by atoms with E-state index in [0.717, 1.165) is 30.7 Å². The van der Waals surface area contributed by atoms with E-state index < -0.39 is 0 Å². The second kappa shape index (κ2) is 10.1. The van der Waals surface area contributed by atoms with Crippen LogP contribution >= 0.6 is 0 Å². The summed E-state index contributed by atoms with van der Waals surface area (Å²) in [6.07, 6.45) is 1.72. The molecule has 0 spiro atoms. The average Bonchev–Trinajstić information content (AvgIpc) is 3.21. The van der Waals surface area contributed by atoms with E-state index in [-0.39, 0.29) is 6.03 Å². The van der Waals surface area contributed by atoms with Crippen LogP contribution in [0.25, 0.3) is 11.0 Å². The van der Waals surface area contributed by atoms with Crippen molar-refractivity contribution < 1.29 is 14.3 Å². The van der Waals surface area contributed by atoms with Crippen molar-refractivity contribution in [1.29, 1.82) is 0 Å². The van der Waals surface area contributed by atoms with E-state index in [1.54, 1.807) is 32.4 Å². The van der Waals surface area contributed by atoms with Crippen LogP contribution < -0.4 is 20.1 Å². The molecule has 33 heavy (non-hydrogen) atoms. The van der Waals surface area contributed by atoms with Crippen LogP contribution in [0.5, 0.6) is 11.5 Å². The zero-order valence-corrected chi connectivity index (χ0v) is 19.1. The number of aryl methyl sites for hydroxylation is 3. The highest BCUT2D eigenvalue weighted by molar-refractivity contribution is 6.00. The summed E-state index contributed by atoms with van der Waals surface area (Å²) in [6.45, 7) is 3.04. The molecule has 0 bridgehead atoms. The molecule has 0 fully saturated rings. The fraction of sp³-hybridized carbons (Fsp3) is 0.231. The number of hydrogen-bond donors (Lipinski definition) is 2. The van der Waals surface area contributed by atoms with Gasteiger partial charge in [0.25, 0.3) is 0 Å². The number of fused-ring (bicyclic) bond motifs is 1. The van der Waals surface area contributed by atoms with Gasteiger partial charge < -0.3 is 24.7 Å². The number of carbonyl (C=O) groups is 1. The average molecular weight is 445 g/mol. The Labute approximate surface area is 193 Å². The van der Waals surface area contributed by atoms with E-state index in [2.05, 4.69) is 34.3 Å². The number of benzene rings is 3. The Balaban J connectivity index is 1.37. The van der Waals surface area contributed by atoms with Crippen LogP contribution in [0.4, 0.5) is 16.2 Å². The first-order chi connectivity index (χ1) is 16.1. The van der Waals surface area contributed by atoms with Crippen molar-refractivity contribution in [3.05, 3.63) is 78.1 Å². The van der Waals surface area contributed by atoms with Gasteiger partial charge in [0.1, 0.15) is 17.3 Å². The molecular weight excluding hydrogens is 416 g/mol. The molecule has 0 aliphatic rings. The SMILES string of the molecule is CCn1c(CCc2ccc(NC(=O)Nc3cc(OC)ccc3OC)cc2)nc2ccccc21. The highest BCUT2D eigenvalue weighted by Gasteiger charge is 2.11. The standard InChI is InChI=1S/C26H28N4O3/c1-4-30-23-8-6-5-7-21(23)28-25(30)16-11-18-9-12-19(13-10-18)27-26(31)29-22-17-20(32-2)14-15-24(22)33-3/h5-10,12-15,17H,4,11,16H2,1-3H3,(H2,27,29,31). The van der Waals surface area contributed by atoms with Gasteiger partial charge in [-0.15, -0.1) is 0 Å². The minimum absolute atomic E-state index is 0.356. The summed E-state index contributed by atoms with van der Waals surface area (Å²) in [7, 11) is 3.13. The zero-order valence-electron chi connectivity index (χ0n) is 19.1. The normalized spacial score (nSPS) is 10.8. The van der Waals surface area contributed by atoms with Gasteiger partial charge >= 0.3 is 6.03 Å². The maximum Gasteiger partial charge on any atom is 0.323 e. The van der Waals surface area contributed by atoms with Crippen LogP contribution in [0.2, 0.25) is 0 Å². The largest absolute Gasteiger partial charge is 0.497 e. The number of ether oxygens (including phenoxy) is 2. The maximum absolute atomic E-state index is 12.5. The minimum atomic E-state index is -0.356. The number of urea groups is 1. The molecule has 0 unspecified atom stereocenters. The van der Waals surface area contributed by atoms with Gasteiger partial charge in [-0.05, 0) is 55.3 Å². The van der Waals surface area contributed by atoms with Crippen molar-refractivity contribution in [1.82, 2.24) is 9.55 Å². The molecule has 0 aliphatic heterocycles. The molecular formula is C26H28N4O3. The molecule has 0 atom stereocenters. The number of aromatic nitrogens is 2. The van der Waals surface area contributed by atoms with Gasteiger partial charge in [-0.3, -0.25) is 0 Å². The summed E-state index contributed by atoms with van der Waals surface area (Å²) in [6, 6.07) is 21.0. The summed E-state index contributed by atoms with van der Waals surface area (Å²) in [5, 5.41) is 5.66. The first-order valence-electron chi connectivity index (χ1n) is 10.9. The lowest BCUT2D eigenvalue weighted by Gasteiger charge is -2.13. The third kappa shape index (κ3) is 5.09. The zero-order chi connectivity index (χ0) is 23.2. The lowest BCUT2D eigenvalue weighted by atomic mass is 10.1. The number of amides is 2. The summed E-state index contributed by atoms with van der Waals surface area (Å²) >= 11 is 0. The summed E-state index contributed by atoms with van der Waals surface area (Å²) in [5.41, 5.74) is 4.63. The molecule has 0 aliphatic carbocycles. The molecule has 1 aromatic heterocycles. The number of imidazole rings is 1. The lowest BCUT2D eigenvalue weighted by Crippen LogP contribution is -2.19. The van der Waals surface area contributed by atoms with E-state index in [0.29, 0.717) is 22.9 Å². The fourth-order valence-corrected chi connectivity index (χ4v) is 3.88. The van der Waals surface area contributed by atoms with E-state index in [9.17, 15) is 4.79 Å². The summed E-state index contributed by atoms with van der Waals surface area (Å²) in [5.74, 6) is 2.28. The number of hydrogen-bond acceptors (Lipinski definition) is 4. The van der Waals surface area contributed by atoms with Gasteiger partial charge in [0.05, 0.1) is 30.9 Å². The van der Waals surface area contributed by atoms with Gasteiger partial charge in [0.2, 0.25) is 0 Å². The molecule has 2 N–H and O–H groups in total. The Morgan fingerprint density at radius 2 is 1.73 bits per heavy atom. The number of methoxy groups -OCH3 is 2. The monoisotopic (exact) mass is 444 g/mol. The topological polar surface area (TPSA) is 77.4 Å². The Hall–Kier alpha value is -4.00. The van der Waals surface area contributed by atoms with Crippen LogP contribution in [0.1, 0.15) is 18.3 Å². The number of nitrogens with one attached hydrogen (secondary N) is 2. The minimum Gasteiger partial charge on any atom is -0.497 e. The molecule has 0 radical (unpaired) electrons. The molecule has 7 heteroatoms. The van der Waals surface area contributed by atoms with E-state index in [1.165, 1.54) is 11.1 Å². The van der Waals surface area contributed by atoms with Crippen molar-refractivity contribution in [3.63, 3.8) is 0 Å². The molecule has 4 rings (SSSR count). The fourth-order valence-electron chi connectivity index (χ4n) is 3.88. The number of rotatable bonds is 8. The molecule has 170 valence electrons. The van der Waals surface area contributed by atoms with Crippen LogP contribution in [0, 0.1) is 0 Å². The second-order valence-electron chi connectivity index (χ2n) is 7.60. The van der Waals surface area contributed by atoms with Crippen molar-refractivity contribution in [2.45, 2.75) is 26.3 Å². The number of anilines is 2. The quantitative estimate of drug-likeness (QED) is 0.376. The predicted molar refractivity (Wildman–Crippen MR) is 131 cm³/mol. The van der Waals surface area contributed by atoms with Crippen molar-refractivity contribution in [2.75, 3.05) is 24.9 Å². The van der Waals surface area contributed by atoms with Gasteiger partial charge in [-0.25, -0.2) is 9.78 Å². The van der Waals surface area contributed by atoms with E-state index in [4.69, 9.17) is 14.5 Å². The van der Waals surface area contributed by atoms with E-state index in [1.807, 2.05) is 36.4 Å². The van der Waals surface area contributed by atoms with Crippen LogP contribution in [0.3, 0.4) is 0 Å². The second-order valence-corrected chi connectivity index (χ2v) is 7.60. The third-order valence-electron chi connectivity index (χ3n) is 5.55. The highest BCUT2D eigenvalue weighted by Crippen LogP contribution is 2.29. The third-order valence-corrected chi connectivity index (χ3v) is 5.55. The van der Waals surface area contributed by atoms with Crippen LogP contribution in [-0.4, -0.2) is 29.8 Å². The molecule has 3 aromatic carbocycles. The Kier molecular flexibility index (Phi) is 6.78. The summed E-state index contributed by atoms with van der Waals surface area (Å²) < 4.78 is 12.8. The first kappa shape index (κ1) is 22.2. The first-order valence-corrected chi connectivity index (χ1v) is 10.9. The predicted octanol–water partition coefficient (Wildman–Crippen LogP) is 5.50. The summed E-state index contributed by atoms with van der Waals surface area (Å²) in [4.78, 5) is 17.3. The van der Waals surface area contributed by atoms with Crippen molar-refractivity contribution in [3.8, 4) is 11.5 Å². The molecule has 1 heterocycles. The van der Waals surface area contributed by atoms with Crippen molar-refractivity contribution in [2.24, 2.45) is 0 Å².